The van der Waals surface area contributed by atoms with E-state index < -0.39 is 0 Å². The van der Waals surface area contributed by atoms with Crippen LogP contribution in [0.2, 0.25) is 0 Å². The van der Waals surface area contributed by atoms with E-state index in [4.69, 9.17) is 5.73 Å². The molecule has 2 N–H and O–H groups in total. The lowest BCUT2D eigenvalue weighted by Crippen LogP contribution is -2.48. The van der Waals surface area contributed by atoms with Crippen molar-refractivity contribution in [1.29, 1.82) is 0 Å². The maximum absolute atomic E-state index is 12.1. The summed E-state index contributed by atoms with van der Waals surface area (Å²) in [4.78, 5) is 16.3. The molecule has 6 heteroatoms. The van der Waals surface area contributed by atoms with E-state index in [-0.39, 0.29) is 36.8 Å². The first kappa shape index (κ1) is 21.3. The number of nitrogens with two attached hydrogens (primary N) is 1. The standard InChI is InChI=1S/C13H27N3O.2ClH/c1-4-15(5-2)10-13(17)16-8-6-7-12(9-16)11(3)14;;/h11-12H,4-10,14H2,1-3H3;2*1H. The molecule has 19 heavy (non-hydrogen) atoms. The molecule has 1 aliphatic rings. The summed E-state index contributed by atoms with van der Waals surface area (Å²) in [5.74, 6) is 0.739. The molecule has 0 aromatic heterocycles. The maximum Gasteiger partial charge on any atom is 0.236 e. The van der Waals surface area contributed by atoms with Gasteiger partial charge >= 0.3 is 0 Å². The zero-order valence-electron chi connectivity index (χ0n) is 12.3. The van der Waals surface area contributed by atoms with E-state index in [0.29, 0.717) is 12.5 Å². The van der Waals surface area contributed by atoms with Gasteiger partial charge in [0, 0.05) is 19.1 Å². The molecule has 2 atom stereocenters. The fourth-order valence-corrected chi connectivity index (χ4v) is 2.40. The zero-order chi connectivity index (χ0) is 12.8. The zero-order valence-corrected chi connectivity index (χ0v) is 13.9. The number of amides is 1. The van der Waals surface area contributed by atoms with Crippen LogP contribution in [0.15, 0.2) is 0 Å². The highest BCUT2D eigenvalue weighted by atomic mass is 35.5. The van der Waals surface area contributed by atoms with Gasteiger partial charge in [-0.3, -0.25) is 9.69 Å². The van der Waals surface area contributed by atoms with Gasteiger partial charge in [-0.15, -0.1) is 24.8 Å². The normalized spacial score (nSPS) is 20.5. The summed E-state index contributed by atoms with van der Waals surface area (Å²) < 4.78 is 0. The molecule has 1 heterocycles. The van der Waals surface area contributed by atoms with Gasteiger partial charge < -0.3 is 10.6 Å². The lowest BCUT2D eigenvalue weighted by Gasteiger charge is -2.35. The summed E-state index contributed by atoms with van der Waals surface area (Å²) in [6, 6.07) is 0.194. The van der Waals surface area contributed by atoms with Crippen molar-refractivity contribution in [3.05, 3.63) is 0 Å². The summed E-state index contributed by atoms with van der Waals surface area (Å²) in [6.07, 6.45) is 2.25. The second kappa shape index (κ2) is 10.7. The van der Waals surface area contributed by atoms with Crippen molar-refractivity contribution >= 4 is 30.7 Å². The second-order valence-electron chi connectivity index (χ2n) is 5.06. The molecule has 0 spiro atoms. The van der Waals surface area contributed by atoms with E-state index in [1.807, 2.05) is 11.8 Å². The largest absolute Gasteiger partial charge is 0.341 e. The predicted molar refractivity (Wildman–Crippen MR) is 85.2 cm³/mol. The Labute approximate surface area is 129 Å². The third-order valence-electron chi connectivity index (χ3n) is 3.81. The third kappa shape index (κ3) is 6.80. The molecule has 2 unspecified atom stereocenters. The maximum atomic E-state index is 12.1. The molecule has 1 amide bonds. The van der Waals surface area contributed by atoms with E-state index in [1.54, 1.807) is 0 Å². The van der Waals surface area contributed by atoms with Crippen molar-refractivity contribution in [2.45, 2.75) is 39.7 Å². The summed E-state index contributed by atoms with van der Waals surface area (Å²) in [7, 11) is 0. The van der Waals surface area contributed by atoms with E-state index in [0.717, 1.165) is 39.0 Å². The number of halogens is 2. The van der Waals surface area contributed by atoms with Gasteiger partial charge in [-0.1, -0.05) is 13.8 Å². The van der Waals surface area contributed by atoms with Crippen LogP contribution in [0.25, 0.3) is 0 Å². The molecule has 1 rings (SSSR count). The van der Waals surface area contributed by atoms with Crippen LogP contribution in [0.4, 0.5) is 0 Å². The van der Waals surface area contributed by atoms with E-state index in [9.17, 15) is 4.79 Å². The second-order valence-corrected chi connectivity index (χ2v) is 5.06. The fraction of sp³-hybridized carbons (Fsp3) is 0.923. The molecule has 4 nitrogen and oxygen atoms in total. The van der Waals surface area contributed by atoms with Crippen molar-refractivity contribution in [2.24, 2.45) is 11.7 Å². The smallest absolute Gasteiger partial charge is 0.236 e. The summed E-state index contributed by atoms with van der Waals surface area (Å²) in [5.41, 5.74) is 5.93. The molecular formula is C13H29Cl2N3O. The molecule has 0 aliphatic carbocycles. The van der Waals surface area contributed by atoms with Crippen LogP contribution in [-0.4, -0.2) is 54.5 Å². The van der Waals surface area contributed by atoms with Crippen LogP contribution in [0.3, 0.4) is 0 Å². The first-order chi connectivity index (χ1) is 8.08. The minimum atomic E-state index is 0. The molecule has 0 bridgehead atoms. The highest BCUT2D eigenvalue weighted by Crippen LogP contribution is 2.18. The third-order valence-corrected chi connectivity index (χ3v) is 3.81. The lowest BCUT2D eigenvalue weighted by atomic mass is 9.92. The number of hydrogen-bond donors (Lipinski definition) is 1. The van der Waals surface area contributed by atoms with E-state index >= 15 is 0 Å². The average Bonchev–Trinajstić information content (AvgIpc) is 2.35. The topological polar surface area (TPSA) is 49.6 Å². The predicted octanol–water partition coefficient (Wildman–Crippen LogP) is 1.76. The van der Waals surface area contributed by atoms with E-state index in [1.165, 1.54) is 0 Å². The summed E-state index contributed by atoms with van der Waals surface area (Å²) in [5, 5.41) is 0. The Bertz CT molecular complexity index is 248. The van der Waals surface area contributed by atoms with Gasteiger partial charge in [0.15, 0.2) is 0 Å². The quantitative estimate of drug-likeness (QED) is 0.841. The highest BCUT2D eigenvalue weighted by molar-refractivity contribution is 5.85. The van der Waals surface area contributed by atoms with Crippen LogP contribution in [0.1, 0.15) is 33.6 Å². The Morgan fingerprint density at radius 3 is 2.42 bits per heavy atom. The molecule has 1 saturated heterocycles. The number of hydrogen-bond acceptors (Lipinski definition) is 3. The van der Waals surface area contributed by atoms with Crippen molar-refractivity contribution in [2.75, 3.05) is 32.7 Å². The van der Waals surface area contributed by atoms with Crippen LogP contribution in [0, 0.1) is 5.92 Å². The Morgan fingerprint density at radius 2 is 1.95 bits per heavy atom. The number of nitrogens with zero attached hydrogens (tertiary/aromatic N) is 2. The number of rotatable bonds is 5. The first-order valence-corrected chi connectivity index (χ1v) is 6.84. The minimum Gasteiger partial charge on any atom is -0.341 e. The SMILES string of the molecule is CCN(CC)CC(=O)N1CCCC(C(C)N)C1.Cl.Cl. The Balaban J connectivity index is 0. The number of piperidine rings is 1. The van der Waals surface area contributed by atoms with E-state index in [2.05, 4.69) is 18.7 Å². The summed E-state index contributed by atoms with van der Waals surface area (Å²) >= 11 is 0. The minimum absolute atomic E-state index is 0. The Morgan fingerprint density at radius 1 is 1.37 bits per heavy atom. The van der Waals surface area contributed by atoms with Crippen molar-refractivity contribution < 1.29 is 4.79 Å². The molecule has 0 radical (unpaired) electrons. The van der Waals surface area contributed by atoms with Crippen molar-refractivity contribution in [3.8, 4) is 0 Å². The van der Waals surface area contributed by atoms with Crippen LogP contribution in [0.5, 0.6) is 0 Å². The molecule has 1 aliphatic heterocycles. The average molecular weight is 314 g/mol. The van der Waals surface area contributed by atoms with Gasteiger partial charge in [0.25, 0.3) is 0 Å². The number of likely N-dealkylation sites (tertiary alicyclic amines) is 1. The van der Waals surface area contributed by atoms with Crippen LogP contribution < -0.4 is 5.73 Å². The lowest BCUT2D eigenvalue weighted by molar-refractivity contribution is -0.134. The molecule has 1 fully saturated rings. The Hall–Kier alpha value is -0.0300. The van der Waals surface area contributed by atoms with Gasteiger partial charge in [0.05, 0.1) is 6.54 Å². The van der Waals surface area contributed by atoms with Gasteiger partial charge in [-0.2, -0.15) is 0 Å². The fourth-order valence-electron chi connectivity index (χ4n) is 2.40. The van der Waals surface area contributed by atoms with Crippen LogP contribution in [-0.2, 0) is 4.79 Å². The van der Waals surface area contributed by atoms with Gasteiger partial charge in [0.1, 0.15) is 0 Å². The number of carbonyl (C=O) groups excluding carboxylic acids is 1. The highest BCUT2D eigenvalue weighted by Gasteiger charge is 2.26. The molecule has 116 valence electrons. The molecular weight excluding hydrogens is 285 g/mol. The van der Waals surface area contributed by atoms with Crippen molar-refractivity contribution in [3.63, 3.8) is 0 Å². The number of likely N-dealkylation sites (N-methyl/N-ethyl adjacent to an activating group) is 1. The molecule has 0 aromatic rings. The number of carbonyl (C=O) groups is 1. The molecule has 0 aromatic carbocycles. The summed E-state index contributed by atoms with van der Waals surface area (Å²) in [6.45, 7) is 10.4. The van der Waals surface area contributed by atoms with Gasteiger partial charge in [-0.25, -0.2) is 0 Å². The van der Waals surface area contributed by atoms with Crippen molar-refractivity contribution in [1.82, 2.24) is 9.80 Å². The van der Waals surface area contributed by atoms with Gasteiger partial charge in [0.2, 0.25) is 5.91 Å². The van der Waals surface area contributed by atoms with Gasteiger partial charge in [-0.05, 0) is 38.8 Å². The molecule has 0 saturated carbocycles. The Kier molecular flexibility index (Phi) is 12.0. The monoisotopic (exact) mass is 313 g/mol. The first-order valence-electron chi connectivity index (χ1n) is 6.84. The van der Waals surface area contributed by atoms with Crippen LogP contribution >= 0.6 is 24.8 Å².